The van der Waals surface area contributed by atoms with Gasteiger partial charge in [-0.15, -0.1) is 0 Å². The minimum Gasteiger partial charge on any atom is -0.389 e. The molecular formula is C17H27FN2O. The third-order valence-electron chi connectivity index (χ3n) is 4.62. The topological polar surface area (TPSA) is 49.5 Å². The molecule has 21 heavy (non-hydrogen) atoms. The number of halogens is 1. The molecule has 0 radical (unpaired) electrons. The summed E-state index contributed by atoms with van der Waals surface area (Å²) in [5.74, 6) is -0.242. The van der Waals surface area contributed by atoms with E-state index in [0.717, 1.165) is 37.7 Å². The van der Waals surface area contributed by atoms with Crippen LogP contribution in [0.4, 0.5) is 4.39 Å². The van der Waals surface area contributed by atoms with E-state index >= 15 is 0 Å². The molecule has 118 valence electrons. The maximum absolute atomic E-state index is 13.5. The molecule has 1 aliphatic rings. The summed E-state index contributed by atoms with van der Waals surface area (Å²) in [5.41, 5.74) is 6.54. The number of rotatable bonds is 6. The Balaban J connectivity index is 2.19. The summed E-state index contributed by atoms with van der Waals surface area (Å²) in [7, 11) is 1.97. The molecule has 1 fully saturated rings. The van der Waals surface area contributed by atoms with E-state index in [9.17, 15) is 9.50 Å². The Morgan fingerprint density at radius 1 is 1.38 bits per heavy atom. The van der Waals surface area contributed by atoms with Crippen LogP contribution in [0.2, 0.25) is 0 Å². The number of nitrogens with two attached hydrogens (primary N) is 1. The van der Waals surface area contributed by atoms with Crippen LogP contribution in [-0.4, -0.2) is 35.2 Å². The van der Waals surface area contributed by atoms with Crippen molar-refractivity contribution in [2.75, 3.05) is 13.6 Å². The monoisotopic (exact) mass is 294 g/mol. The zero-order valence-electron chi connectivity index (χ0n) is 13.1. The minimum atomic E-state index is -0.617. The predicted octanol–water partition coefficient (Wildman–Crippen LogP) is 2.84. The fourth-order valence-corrected chi connectivity index (χ4v) is 3.50. The first-order chi connectivity index (χ1) is 9.95. The first kappa shape index (κ1) is 16.4. The van der Waals surface area contributed by atoms with Crippen LogP contribution in [0.15, 0.2) is 24.3 Å². The van der Waals surface area contributed by atoms with Crippen LogP contribution in [-0.2, 0) is 0 Å². The number of hydrogen-bond donors (Lipinski definition) is 2. The van der Waals surface area contributed by atoms with E-state index in [1.54, 1.807) is 12.1 Å². The zero-order chi connectivity index (χ0) is 15.5. The summed E-state index contributed by atoms with van der Waals surface area (Å²) in [6, 6.07) is 6.48. The average Bonchev–Trinajstić information content (AvgIpc) is 2.85. The van der Waals surface area contributed by atoms with Gasteiger partial charge in [0.2, 0.25) is 0 Å². The molecule has 0 amide bonds. The smallest absolute Gasteiger partial charge is 0.123 e. The highest BCUT2D eigenvalue weighted by molar-refractivity contribution is 5.22. The van der Waals surface area contributed by atoms with Gasteiger partial charge in [-0.2, -0.15) is 0 Å². The van der Waals surface area contributed by atoms with Gasteiger partial charge in [0.25, 0.3) is 0 Å². The molecule has 2 unspecified atom stereocenters. The summed E-state index contributed by atoms with van der Waals surface area (Å²) in [6.07, 6.45) is 4.65. The second kappa shape index (κ2) is 6.86. The van der Waals surface area contributed by atoms with Gasteiger partial charge in [-0.1, -0.05) is 31.9 Å². The van der Waals surface area contributed by atoms with E-state index in [0.29, 0.717) is 6.54 Å². The van der Waals surface area contributed by atoms with E-state index < -0.39 is 5.60 Å². The lowest BCUT2D eigenvalue weighted by molar-refractivity contribution is 0.00162. The Labute approximate surface area is 126 Å². The van der Waals surface area contributed by atoms with Gasteiger partial charge in [-0.25, -0.2) is 4.39 Å². The van der Waals surface area contributed by atoms with Crippen LogP contribution < -0.4 is 5.73 Å². The number of hydrogen-bond acceptors (Lipinski definition) is 3. The average molecular weight is 294 g/mol. The molecule has 2 atom stereocenters. The van der Waals surface area contributed by atoms with Crippen molar-refractivity contribution in [2.45, 2.75) is 56.7 Å². The van der Waals surface area contributed by atoms with Crippen LogP contribution in [0.1, 0.15) is 50.6 Å². The molecule has 4 heteroatoms. The number of aliphatic hydroxyl groups is 1. The number of benzene rings is 1. The fourth-order valence-electron chi connectivity index (χ4n) is 3.50. The Morgan fingerprint density at radius 3 is 2.62 bits per heavy atom. The van der Waals surface area contributed by atoms with Crippen molar-refractivity contribution in [3.63, 3.8) is 0 Å². The summed E-state index contributed by atoms with van der Waals surface area (Å²) in [4.78, 5) is 2.09. The van der Waals surface area contributed by atoms with E-state index in [-0.39, 0.29) is 17.9 Å². The molecule has 0 bridgehead atoms. The zero-order valence-corrected chi connectivity index (χ0v) is 13.1. The molecule has 2 rings (SSSR count). The maximum atomic E-state index is 13.5. The quantitative estimate of drug-likeness (QED) is 0.848. The third kappa shape index (κ3) is 4.02. The number of likely N-dealkylation sites (N-methyl/N-ethyl adjacent to an activating group) is 1. The molecule has 1 aliphatic carbocycles. The van der Waals surface area contributed by atoms with Crippen LogP contribution in [0.25, 0.3) is 0 Å². The molecule has 1 saturated carbocycles. The van der Waals surface area contributed by atoms with Gasteiger partial charge in [0.05, 0.1) is 5.60 Å². The normalized spacial score (nSPS) is 20.7. The lowest BCUT2D eigenvalue weighted by atomic mass is 9.94. The van der Waals surface area contributed by atoms with Crippen LogP contribution in [0.5, 0.6) is 0 Å². The SMILES string of the molecule is CCC(N)C(c1cccc(F)c1)N(C)CC1(O)CCCC1. The van der Waals surface area contributed by atoms with Gasteiger partial charge in [0.15, 0.2) is 0 Å². The van der Waals surface area contributed by atoms with Crippen molar-refractivity contribution in [1.82, 2.24) is 4.90 Å². The fraction of sp³-hybridized carbons (Fsp3) is 0.647. The van der Waals surface area contributed by atoms with Gasteiger partial charge in [-0.05, 0) is 44.0 Å². The molecule has 0 heterocycles. The lowest BCUT2D eigenvalue weighted by Crippen LogP contribution is -2.46. The molecule has 0 aliphatic heterocycles. The minimum absolute atomic E-state index is 0.0738. The maximum Gasteiger partial charge on any atom is 0.123 e. The first-order valence-electron chi connectivity index (χ1n) is 7.89. The third-order valence-corrected chi connectivity index (χ3v) is 4.62. The van der Waals surface area contributed by atoms with Crippen molar-refractivity contribution in [3.8, 4) is 0 Å². The van der Waals surface area contributed by atoms with Crippen molar-refractivity contribution >= 4 is 0 Å². The Bertz CT molecular complexity index is 460. The summed E-state index contributed by atoms with van der Waals surface area (Å²) < 4.78 is 13.5. The van der Waals surface area contributed by atoms with Crippen LogP contribution in [0, 0.1) is 5.82 Å². The van der Waals surface area contributed by atoms with Gasteiger partial charge in [0.1, 0.15) is 5.82 Å². The Hall–Kier alpha value is -0.970. The largest absolute Gasteiger partial charge is 0.389 e. The summed E-state index contributed by atoms with van der Waals surface area (Å²) in [5, 5.41) is 10.6. The highest BCUT2D eigenvalue weighted by atomic mass is 19.1. The highest BCUT2D eigenvalue weighted by Gasteiger charge is 2.35. The van der Waals surface area contributed by atoms with Crippen LogP contribution in [0.3, 0.4) is 0 Å². The van der Waals surface area contributed by atoms with E-state index in [2.05, 4.69) is 4.90 Å². The Morgan fingerprint density at radius 2 is 2.05 bits per heavy atom. The standard InChI is InChI=1S/C17H27FN2O/c1-3-15(19)16(13-7-6-8-14(18)11-13)20(2)12-17(21)9-4-5-10-17/h6-8,11,15-16,21H,3-5,9-10,12,19H2,1-2H3. The van der Waals surface area contributed by atoms with Gasteiger partial charge >= 0.3 is 0 Å². The lowest BCUT2D eigenvalue weighted by Gasteiger charge is -2.37. The second-order valence-electron chi connectivity index (χ2n) is 6.42. The molecule has 0 aromatic heterocycles. The molecule has 1 aromatic rings. The van der Waals surface area contributed by atoms with E-state index in [4.69, 9.17) is 5.73 Å². The molecule has 0 saturated heterocycles. The molecular weight excluding hydrogens is 267 g/mol. The van der Waals surface area contributed by atoms with Gasteiger partial charge < -0.3 is 10.8 Å². The molecule has 3 nitrogen and oxygen atoms in total. The van der Waals surface area contributed by atoms with E-state index in [1.165, 1.54) is 6.07 Å². The van der Waals surface area contributed by atoms with E-state index in [1.807, 2.05) is 20.0 Å². The van der Waals surface area contributed by atoms with Crippen molar-refractivity contribution in [2.24, 2.45) is 5.73 Å². The Kier molecular flexibility index (Phi) is 5.36. The van der Waals surface area contributed by atoms with Crippen molar-refractivity contribution in [3.05, 3.63) is 35.6 Å². The van der Waals surface area contributed by atoms with Crippen molar-refractivity contribution in [1.29, 1.82) is 0 Å². The first-order valence-corrected chi connectivity index (χ1v) is 7.89. The second-order valence-corrected chi connectivity index (χ2v) is 6.42. The predicted molar refractivity (Wildman–Crippen MR) is 83.5 cm³/mol. The summed E-state index contributed by atoms with van der Waals surface area (Å²) >= 11 is 0. The van der Waals surface area contributed by atoms with Crippen LogP contribution >= 0.6 is 0 Å². The van der Waals surface area contributed by atoms with Gasteiger partial charge in [0, 0.05) is 18.6 Å². The van der Waals surface area contributed by atoms with Crippen molar-refractivity contribution < 1.29 is 9.50 Å². The molecule has 3 N–H and O–H groups in total. The van der Waals surface area contributed by atoms with Gasteiger partial charge in [-0.3, -0.25) is 4.90 Å². The molecule has 1 aromatic carbocycles. The summed E-state index contributed by atoms with van der Waals surface area (Å²) in [6.45, 7) is 2.62. The number of nitrogens with zero attached hydrogens (tertiary/aromatic N) is 1. The molecule has 0 spiro atoms. The highest BCUT2D eigenvalue weighted by Crippen LogP contribution is 2.33.